The molecule has 1 aromatic rings. The maximum atomic E-state index is 13.0. The highest BCUT2D eigenvalue weighted by molar-refractivity contribution is 5.99. The van der Waals surface area contributed by atoms with Crippen molar-refractivity contribution in [2.24, 2.45) is 0 Å². The molecular weight excluding hydrogens is 320 g/mol. The van der Waals surface area contributed by atoms with Gasteiger partial charge in [0.05, 0.1) is 12.7 Å². The zero-order chi connectivity index (χ0) is 17.9. The third-order valence-corrected chi connectivity index (χ3v) is 5.22. The molecule has 1 saturated heterocycles. The molecule has 2 fully saturated rings. The molecule has 0 aromatic heterocycles. The molecule has 0 spiro atoms. The molecule has 1 saturated carbocycles. The molecule has 1 N–H and O–H groups in total. The molecule has 1 aliphatic heterocycles. The van der Waals surface area contributed by atoms with Gasteiger partial charge in [-0.05, 0) is 56.4 Å². The largest absolute Gasteiger partial charge is 0.490 e. The first-order chi connectivity index (χ1) is 12.1. The van der Waals surface area contributed by atoms with Gasteiger partial charge in [0.1, 0.15) is 11.3 Å². The summed E-state index contributed by atoms with van der Waals surface area (Å²) in [5.41, 5.74) is -0.367. The van der Waals surface area contributed by atoms with E-state index in [0.717, 1.165) is 25.0 Å². The van der Waals surface area contributed by atoms with E-state index in [9.17, 15) is 9.59 Å². The number of amides is 2. The Balaban J connectivity index is 1.77. The highest BCUT2D eigenvalue weighted by Gasteiger charge is 2.49. The molecule has 2 amide bonds. The minimum Gasteiger partial charge on any atom is -0.490 e. The quantitative estimate of drug-likeness (QED) is 0.855. The summed E-state index contributed by atoms with van der Waals surface area (Å²) < 4.78 is 11.1. The molecule has 6 heteroatoms. The van der Waals surface area contributed by atoms with Gasteiger partial charge in [-0.3, -0.25) is 9.59 Å². The van der Waals surface area contributed by atoms with Crippen LogP contribution in [0.4, 0.5) is 0 Å². The van der Waals surface area contributed by atoms with E-state index in [0.29, 0.717) is 24.6 Å². The van der Waals surface area contributed by atoms with E-state index < -0.39 is 5.54 Å². The van der Waals surface area contributed by atoms with Gasteiger partial charge in [0.25, 0.3) is 5.91 Å². The SMILES string of the molecule is CNC(=O)C1(COC)CCCN1C(=O)c1ccc(OC2CCC2)cc1. The lowest BCUT2D eigenvalue weighted by molar-refractivity contribution is -0.133. The van der Waals surface area contributed by atoms with Crippen LogP contribution < -0.4 is 10.1 Å². The summed E-state index contributed by atoms with van der Waals surface area (Å²) in [6.07, 6.45) is 5.11. The average Bonchev–Trinajstić information content (AvgIpc) is 3.02. The van der Waals surface area contributed by atoms with Crippen LogP contribution in [0.5, 0.6) is 5.75 Å². The Morgan fingerprint density at radius 1 is 1.24 bits per heavy atom. The number of methoxy groups -OCH3 is 1. The standard InChI is InChI=1S/C19H26N2O4/c1-20-18(23)19(13-24-2)11-4-12-21(19)17(22)14-7-9-16(10-8-14)25-15-5-3-6-15/h7-10,15H,3-6,11-13H2,1-2H3,(H,20,23). The Hall–Kier alpha value is -2.08. The highest BCUT2D eigenvalue weighted by atomic mass is 16.5. The van der Waals surface area contributed by atoms with Gasteiger partial charge >= 0.3 is 0 Å². The van der Waals surface area contributed by atoms with Crippen LogP contribution in [0.3, 0.4) is 0 Å². The minimum absolute atomic E-state index is 0.145. The number of carbonyl (C=O) groups is 2. The van der Waals surface area contributed by atoms with Crippen molar-refractivity contribution in [3.8, 4) is 5.75 Å². The molecular formula is C19H26N2O4. The van der Waals surface area contributed by atoms with E-state index in [2.05, 4.69) is 5.32 Å². The van der Waals surface area contributed by atoms with Crippen LogP contribution in [0.1, 0.15) is 42.5 Å². The van der Waals surface area contributed by atoms with Gasteiger partial charge in [-0.25, -0.2) is 0 Å². The summed E-state index contributed by atoms with van der Waals surface area (Å²) in [6, 6.07) is 7.21. The maximum Gasteiger partial charge on any atom is 0.254 e. The average molecular weight is 346 g/mol. The lowest BCUT2D eigenvalue weighted by atomic mass is 9.95. The van der Waals surface area contributed by atoms with Gasteiger partial charge in [0.15, 0.2) is 0 Å². The second-order valence-corrected chi connectivity index (χ2v) is 6.80. The highest BCUT2D eigenvalue weighted by Crippen LogP contribution is 2.32. The van der Waals surface area contributed by atoms with Gasteiger partial charge in [0.2, 0.25) is 5.91 Å². The van der Waals surface area contributed by atoms with Gasteiger partial charge in [-0.15, -0.1) is 0 Å². The molecule has 2 aliphatic rings. The third-order valence-electron chi connectivity index (χ3n) is 5.22. The maximum absolute atomic E-state index is 13.0. The molecule has 1 aromatic carbocycles. The number of benzene rings is 1. The zero-order valence-electron chi connectivity index (χ0n) is 14.9. The number of ether oxygens (including phenoxy) is 2. The zero-order valence-corrected chi connectivity index (χ0v) is 14.9. The van der Waals surface area contributed by atoms with Crippen molar-refractivity contribution < 1.29 is 19.1 Å². The molecule has 1 heterocycles. The fourth-order valence-electron chi connectivity index (χ4n) is 3.61. The Morgan fingerprint density at radius 2 is 1.96 bits per heavy atom. The summed E-state index contributed by atoms with van der Waals surface area (Å²) in [7, 11) is 3.14. The first-order valence-electron chi connectivity index (χ1n) is 8.90. The number of likely N-dealkylation sites (tertiary alicyclic amines) is 1. The van der Waals surface area contributed by atoms with E-state index >= 15 is 0 Å². The van der Waals surface area contributed by atoms with E-state index in [1.165, 1.54) is 6.42 Å². The van der Waals surface area contributed by atoms with Crippen molar-refractivity contribution in [2.75, 3.05) is 27.3 Å². The van der Waals surface area contributed by atoms with E-state index in [-0.39, 0.29) is 18.4 Å². The molecule has 0 bridgehead atoms. The van der Waals surface area contributed by atoms with Gasteiger partial charge in [-0.2, -0.15) is 0 Å². The van der Waals surface area contributed by atoms with E-state index in [1.54, 1.807) is 31.2 Å². The van der Waals surface area contributed by atoms with Crippen LogP contribution in [0, 0.1) is 0 Å². The Labute approximate surface area is 148 Å². The van der Waals surface area contributed by atoms with Crippen LogP contribution in [0.2, 0.25) is 0 Å². The predicted octanol–water partition coefficient (Wildman–Crippen LogP) is 1.99. The normalized spacial score (nSPS) is 23.2. The molecule has 1 atom stereocenters. The summed E-state index contributed by atoms with van der Waals surface area (Å²) in [5, 5.41) is 2.68. The van der Waals surface area contributed by atoms with Crippen molar-refractivity contribution in [1.82, 2.24) is 10.2 Å². The summed E-state index contributed by atoms with van der Waals surface area (Å²) in [6.45, 7) is 0.747. The van der Waals surface area contributed by atoms with Crippen LogP contribution in [0.15, 0.2) is 24.3 Å². The second kappa shape index (κ2) is 7.44. The summed E-state index contributed by atoms with van der Waals surface area (Å²) in [5.74, 6) is 0.468. The molecule has 6 nitrogen and oxygen atoms in total. The molecule has 25 heavy (non-hydrogen) atoms. The minimum atomic E-state index is -0.929. The molecule has 1 aliphatic carbocycles. The fourth-order valence-corrected chi connectivity index (χ4v) is 3.61. The van der Waals surface area contributed by atoms with Crippen LogP contribution >= 0.6 is 0 Å². The number of nitrogens with zero attached hydrogens (tertiary/aromatic N) is 1. The van der Waals surface area contributed by atoms with Gasteiger partial charge in [0, 0.05) is 26.3 Å². The molecule has 0 radical (unpaired) electrons. The topological polar surface area (TPSA) is 67.9 Å². The Morgan fingerprint density at radius 3 is 2.52 bits per heavy atom. The van der Waals surface area contributed by atoms with Crippen molar-refractivity contribution in [3.63, 3.8) is 0 Å². The number of hydrogen-bond donors (Lipinski definition) is 1. The van der Waals surface area contributed by atoms with Crippen molar-refractivity contribution in [2.45, 2.75) is 43.7 Å². The third kappa shape index (κ3) is 3.35. The number of likely N-dealkylation sites (N-methyl/N-ethyl adjacent to an activating group) is 1. The summed E-state index contributed by atoms with van der Waals surface area (Å²) >= 11 is 0. The van der Waals surface area contributed by atoms with Crippen molar-refractivity contribution in [3.05, 3.63) is 29.8 Å². The first-order valence-corrected chi connectivity index (χ1v) is 8.90. The van der Waals surface area contributed by atoms with Crippen LogP contribution in [0.25, 0.3) is 0 Å². The Kier molecular flexibility index (Phi) is 5.27. The first kappa shape index (κ1) is 17.7. The van der Waals surface area contributed by atoms with Crippen LogP contribution in [-0.2, 0) is 9.53 Å². The number of hydrogen-bond acceptors (Lipinski definition) is 4. The summed E-state index contributed by atoms with van der Waals surface area (Å²) in [4.78, 5) is 27.1. The van der Waals surface area contributed by atoms with Gasteiger partial charge < -0.3 is 19.7 Å². The number of rotatable bonds is 6. The Bertz CT molecular complexity index is 627. The van der Waals surface area contributed by atoms with Crippen LogP contribution in [-0.4, -0.2) is 55.7 Å². The lowest BCUT2D eigenvalue weighted by Crippen LogP contribution is -2.59. The second-order valence-electron chi connectivity index (χ2n) is 6.80. The van der Waals surface area contributed by atoms with Crippen molar-refractivity contribution in [1.29, 1.82) is 0 Å². The van der Waals surface area contributed by atoms with Gasteiger partial charge in [-0.1, -0.05) is 0 Å². The number of carbonyl (C=O) groups excluding carboxylic acids is 2. The molecule has 136 valence electrons. The van der Waals surface area contributed by atoms with E-state index in [1.807, 2.05) is 12.1 Å². The fraction of sp³-hybridized carbons (Fsp3) is 0.579. The molecule has 3 rings (SSSR count). The smallest absolute Gasteiger partial charge is 0.254 e. The molecule has 1 unspecified atom stereocenters. The lowest BCUT2D eigenvalue weighted by Gasteiger charge is -2.36. The van der Waals surface area contributed by atoms with E-state index in [4.69, 9.17) is 9.47 Å². The number of nitrogens with one attached hydrogen (secondary N) is 1. The predicted molar refractivity (Wildman–Crippen MR) is 93.7 cm³/mol. The van der Waals surface area contributed by atoms with Crippen molar-refractivity contribution >= 4 is 11.8 Å². The monoisotopic (exact) mass is 346 g/mol.